The summed E-state index contributed by atoms with van der Waals surface area (Å²) < 4.78 is 33.9. The number of carbonyl (C=O) groups excluding carboxylic acids is 2. The van der Waals surface area contributed by atoms with E-state index in [2.05, 4.69) is 5.32 Å². The van der Waals surface area contributed by atoms with Crippen molar-refractivity contribution in [3.8, 4) is 0 Å². The molecule has 8 nitrogen and oxygen atoms in total. The van der Waals surface area contributed by atoms with E-state index in [1.54, 1.807) is 16.2 Å². The van der Waals surface area contributed by atoms with Crippen LogP contribution in [0.2, 0.25) is 0 Å². The first-order chi connectivity index (χ1) is 18.2. The Morgan fingerprint density at radius 2 is 1.68 bits per heavy atom. The van der Waals surface area contributed by atoms with Crippen molar-refractivity contribution in [2.75, 3.05) is 31.6 Å². The third-order valence-corrected chi connectivity index (χ3v) is 8.58. The number of ether oxygens (including phenoxy) is 1. The lowest BCUT2D eigenvalue weighted by molar-refractivity contribution is -0.132. The first-order valence-corrected chi connectivity index (χ1v) is 14.8. The Balaban J connectivity index is 1.85. The average molecular weight is 558 g/mol. The van der Waals surface area contributed by atoms with E-state index in [0.29, 0.717) is 38.4 Å². The zero-order valence-electron chi connectivity index (χ0n) is 22.1. The summed E-state index contributed by atoms with van der Waals surface area (Å²) in [5.74, 6) is -0.530. The highest BCUT2D eigenvalue weighted by Crippen LogP contribution is 2.22. The maximum Gasteiger partial charge on any atom is 0.243 e. The topological polar surface area (TPSA) is 96.0 Å². The second-order valence-electron chi connectivity index (χ2n) is 8.84. The van der Waals surface area contributed by atoms with Gasteiger partial charge in [-0.25, -0.2) is 8.42 Å². The number of thiophene rings is 1. The van der Waals surface area contributed by atoms with Gasteiger partial charge in [0.2, 0.25) is 21.8 Å². The number of nitrogens with one attached hydrogen (secondary N) is 1. The standard InChI is InChI=1S/C28H35N3O5S2/c1-4-36-18-8-17-31(38(34,35)27-15-12-25(13-16-27)29-23(3)32)21-28(33)30(19-24-9-6-5-7-10-24)20-26-14-11-22(2)37-26/h5-7,9-16H,4,8,17-21H2,1-3H3,(H,29,32). The first kappa shape index (κ1) is 29.5. The summed E-state index contributed by atoms with van der Waals surface area (Å²) in [4.78, 5) is 28.9. The van der Waals surface area contributed by atoms with Crippen molar-refractivity contribution in [2.24, 2.45) is 0 Å². The van der Waals surface area contributed by atoms with E-state index in [1.165, 1.54) is 35.5 Å². The van der Waals surface area contributed by atoms with Crippen molar-refractivity contribution >= 4 is 38.9 Å². The summed E-state index contributed by atoms with van der Waals surface area (Å²) in [5, 5.41) is 2.63. The number of nitrogens with zero attached hydrogens (tertiary/aromatic N) is 2. The Labute approximate surface area is 229 Å². The fourth-order valence-corrected chi connectivity index (χ4v) is 6.21. The number of hydrogen-bond acceptors (Lipinski definition) is 6. The minimum Gasteiger partial charge on any atom is -0.382 e. The van der Waals surface area contributed by atoms with E-state index in [-0.39, 0.29) is 29.8 Å². The van der Waals surface area contributed by atoms with E-state index >= 15 is 0 Å². The van der Waals surface area contributed by atoms with Gasteiger partial charge in [0.05, 0.1) is 18.0 Å². The first-order valence-electron chi connectivity index (χ1n) is 12.5. The summed E-state index contributed by atoms with van der Waals surface area (Å²) >= 11 is 1.62. The molecule has 3 aromatic rings. The SMILES string of the molecule is CCOCCCN(CC(=O)N(Cc1ccccc1)Cc1ccc(C)s1)S(=O)(=O)c1ccc(NC(C)=O)cc1. The van der Waals surface area contributed by atoms with Gasteiger partial charge in [-0.3, -0.25) is 9.59 Å². The molecule has 0 aliphatic heterocycles. The largest absolute Gasteiger partial charge is 0.382 e. The zero-order chi connectivity index (χ0) is 27.5. The van der Waals surface area contributed by atoms with E-state index < -0.39 is 10.0 Å². The molecule has 38 heavy (non-hydrogen) atoms. The Morgan fingerprint density at radius 3 is 2.29 bits per heavy atom. The van der Waals surface area contributed by atoms with Gasteiger partial charge in [0, 0.05) is 48.7 Å². The molecule has 0 aliphatic rings. The number of aryl methyl sites for hydroxylation is 1. The van der Waals surface area contributed by atoms with E-state index in [0.717, 1.165) is 15.3 Å². The molecule has 1 N–H and O–H groups in total. The molecule has 0 spiro atoms. The van der Waals surface area contributed by atoms with Gasteiger partial charge in [0.1, 0.15) is 0 Å². The fourth-order valence-electron chi connectivity index (χ4n) is 3.88. The monoisotopic (exact) mass is 557 g/mol. The lowest BCUT2D eigenvalue weighted by Gasteiger charge is -2.27. The highest BCUT2D eigenvalue weighted by atomic mass is 32.2. The van der Waals surface area contributed by atoms with E-state index in [9.17, 15) is 18.0 Å². The lowest BCUT2D eigenvalue weighted by Crippen LogP contribution is -2.43. The lowest BCUT2D eigenvalue weighted by atomic mass is 10.2. The Morgan fingerprint density at radius 1 is 0.974 bits per heavy atom. The van der Waals surface area contributed by atoms with Crippen LogP contribution in [0.25, 0.3) is 0 Å². The predicted octanol–water partition coefficient (Wildman–Crippen LogP) is 4.66. The third kappa shape index (κ3) is 8.76. The number of benzene rings is 2. The minimum absolute atomic E-state index is 0.0549. The minimum atomic E-state index is -3.98. The molecule has 0 saturated carbocycles. The Kier molecular flexibility index (Phi) is 11.0. The molecule has 0 bridgehead atoms. The molecule has 2 amide bonds. The molecule has 3 rings (SSSR count). The summed E-state index contributed by atoms with van der Waals surface area (Å²) in [6.45, 7) is 6.80. The molecule has 1 aromatic heterocycles. The fraction of sp³-hybridized carbons (Fsp3) is 0.357. The number of rotatable bonds is 14. The molecule has 0 radical (unpaired) electrons. The number of hydrogen-bond donors (Lipinski definition) is 1. The molecule has 2 aromatic carbocycles. The van der Waals surface area contributed by atoms with Crippen LogP contribution in [0.5, 0.6) is 0 Å². The van der Waals surface area contributed by atoms with Crippen LogP contribution in [0.1, 0.15) is 35.6 Å². The number of anilines is 1. The quantitative estimate of drug-likeness (QED) is 0.291. The van der Waals surface area contributed by atoms with Crippen LogP contribution in [-0.2, 0) is 37.4 Å². The molecule has 10 heteroatoms. The van der Waals surface area contributed by atoms with Gasteiger partial charge in [-0.1, -0.05) is 30.3 Å². The molecule has 0 saturated heterocycles. The van der Waals surface area contributed by atoms with Gasteiger partial charge >= 0.3 is 0 Å². The normalized spacial score (nSPS) is 11.5. The average Bonchev–Trinajstić information content (AvgIpc) is 3.30. The van der Waals surface area contributed by atoms with Crippen molar-refractivity contribution in [2.45, 2.75) is 45.2 Å². The van der Waals surface area contributed by atoms with Gasteiger partial charge in [0.25, 0.3) is 0 Å². The van der Waals surface area contributed by atoms with Crippen LogP contribution in [-0.4, -0.2) is 55.7 Å². The highest BCUT2D eigenvalue weighted by molar-refractivity contribution is 7.89. The molecule has 204 valence electrons. The van der Waals surface area contributed by atoms with Crippen LogP contribution >= 0.6 is 11.3 Å². The maximum absolute atomic E-state index is 13.7. The van der Waals surface area contributed by atoms with Gasteiger partial charge in [0.15, 0.2) is 0 Å². The summed E-state index contributed by atoms with van der Waals surface area (Å²) in [6.07, 6.45) is 0.452. The molecular weight excluding hydrogens is 522 g/mol. The van der Waals surface area contributed by atoms with Gasteiger partial charge in [-0.15, -0.1) is 11.3 Å². The van der Waals surface area contributed by atoms with Crippen molar-refractivity contribution < 1.29 is 22.7 Å². The predicted molar refractivity (Wildman–Crippen MR) is 150 cm³/mol. The van der Waals surface area contributed by atoms with E-state index in [4.69, 9.17) is 4.74 Å². The smallest absolute Gasteiger partial charge is 0.243 e. The van der Waals surface area contributed by atoms with Crippen LogP contribution in [0, 0.1) is 6.92 Å². The van der Waals surface area contributed by atoms with Crippen molar-refractivity contribution in [1.29, 1.82) is 0 Å². The zero-order valence-corrected chi connectivity index (χ0v) is 23.7. The van der Waals surface area contributed by atoms with Crippen molar-refractivity contribution in [3.63, 3.8) is 0 Å². The van der Waals surface area contributed by atoms with Crippen LogP contribution in [0.15, 0.2) is 71.6 Å². The molecule has 0 aliphatic carbocycles. The Bertz CT molecular complexity index is 1290. The second kappa shape index (κ2) is 14.2. The van der Waals surface area contributed by atoms with Gasteiger partial charge in [-0.2, -0.15) is 4.31 Å². The molecular formula is C28H35N3O5S2. The van der Waals surface area contributed by atoms with Crippen LogP contribution < -0.4 is 5.32 Å². The molecule has 1 heterocycles. The van der Waals surface area contributed by atoms with Crippen LogP contribution in [0.4, 0.5) is 5.69 Å². The molecule has 0 unspecified atom stereocenters. The summed E-state index contributed by atoms with van der Waals surface area (Å²) in [7, 11) is -3.98. The summed E-state index contributed by atoms with van der Waals surface area (Å²) in [5.41, 5.74) is 1.46. The summed E-state index contributed by atoms with van der Waals surface area (Å²) in [6, 6.07) is 19.6. The second-order valence-corrected chi connectivity index (χ2v) is 12.2. The van der Waals surface area contributed by atoms with Gasteiger partial charge < -0.3 is 15.0 Å². The molecule has 0 atom stereocenters. The Hall–Kier alpha value is -3.05. The number of sulfonamides is 1. The van der Waals surface area contributed by atoms with Crippen molar-refractivity contribution in [1.82, 2.24) is 9.21 Å². The third-order valence-electron chi connectivity index (χ3n) is 5.74. The maximum atomic E-state index is 13.7. The number of amides is 2. The highest BCUT2D eigenvalue weighted by Gasteiger charge is 2.28. The van der Waals surface area contributed by atoms with Gasteiger partial charge in [-0.05, 0) is 62.2 Å². The van der Waals surface area contributed by atoms with Crippen LogP contribution in [0.3, 0.4) is 0 Å². The number of carbonyl (C=O) groups is 2. The molecule has 0 fully saturated rings. The van der Waals surface area contributed by atoms with Crippen molar-refractivity contribution in [3.05, 3.63) is 82.0 Å². The van der Waals surface area contributed by atoms with E-state index in [1.807, 2.05) is 56.3 Å².